The van der Waals surface area contributed by atoms with Crippen LogP contribution in [-0.4, -0.2) is 25.1 Å². The van der Waals surface area contributed by atoms with E-state index in [4.69, 9.17) is 4.74 Å². The molecular weight excluding hydrogens is 302 g/mol. The Balaban J connectivity index is 1.91. The standard InChI is InChI=1S/C16H24BrNO/c1-3-4-13-7-9-18(10-8-13)12-14-11-15(19-2)5-6-16(14)17/h5-6,11,13H,3-4,7-10,12H2,1-2H3. The van der Waals surface area contributed by atoms with Gasteiger partial charge < -0.3 is 4.74 Å². The number of likely N-dealkylation sites (tertiary alicyclic amines) is 1. The van der Waals surface area contributed by atoms with Crippen LogP contribution in [0.2, 0.25) is 0 Å². The first-order valence-corrected chi connectivity index (χ1v) is 8.07. The molecule has 0 spiro atoms. The van der Waals surface area contributed by atoms with Crippen molar-refractivity contribution in [2.45, 2.75) is 39.2 Å². The summed E-state index contributed by atoms with van der Waals surface area (Å²) in [6, 6.07) is 6.22. The van der Waals surface area contributed by atoms with Gasteiger partial charge >= 0.3 is 0 Å². The van der Waals surface area contributed by atoms with Crippen molar-refractivity contribution in [2.24, 2.45) is 5.92 Å². The van der Waals surface area contributed by atoms with Gasteiger partial charge in [0, 0.05) is 11.0 Å². The molecule has 1 aliphatic heterocycles. The second kappa shape index (κ2) is 7.30. The summed E-state index contributed by atoms with van der Waals surface area (Å²) in [7, 11) is 1.73. The molecule has 0 unspecified atom stereocenters. The van der Waals surface area contributed by atoms with E-state index in [0.717, 1.165) is 18.2 Å². The Morgan fingerprint density at radius 3 is 2.68 bits per heavy atom. The predicted molar refractivity (Wildman–Crippen MR) is 83.6 cm³/mol. The molecule has 0 amide bonds. The Labute approximate surface area is 125 Å². The maximum atomic E-state index is 5.31. The average Bonchev–Trinajstić information content (AvgIpc) is 2.44. The van der Waals surface area contributed by atoms with E-state index >= 15 is 0 Å². The lowest BCUT2D eigenvalue weighted by Gasteiger charge is -2.32. The van der Waals surface area contributed by atoms with E-state index in [1.165, 1.54) is 48.8 Å². The number of piperidine rings is 1. The first-order valence-electron chi connectivity index (χ1n) is 7.27. The van der Waals surface area contributed by atoms with Gasteiger partial charge in [-0.05, 0) is 55.6 Å². The SMILES string of the molecule is CCCC1CCN(Cc2cc(OC)ccc2Br)CC1. The van der Waals surface area contributed by atoms with Crippen molar-refractivity contribution >= 4 is 15.9 Å². The summed E-state index contributed by atoms with van der Waals surface area (Å²) in [5, 5.41) is 0. The minimum atomic E-state index is 0.944. The van der Waals surface area contributed by atoms with Crippen LogP contribution in [0.1, 0.15) is 38.2 Å². The highest BCUT2D eigenvalue weighted by atomic mass is 79.9. The fourth-order valence-corrected chi connectivity index (χ4v) is 3.25. The third-order valence-corrected chi connectivity index (χ3v) is 4.82. The quantitative estimate of drug-likeness (QED) is 0.791. The van der Waals surface area contributed by atoms with Crippen LogP contribution >= 0.6 is 15.9 Å². The number of nitrogens with zero attached hydrogens (tertiary/aromatic N) is 1. The highest BCUT2D eigenvalue weighted by Gasteiger charge is 2.19. The maximum absolute atomic E-state index is 5.31. The third-order valence-electron chi connectivity index (χ3n) is 4.05. The molecule has 0 aliphatic carbocycles. The lowest BCUT2D eigenvalue weighted by Crippen LogP contribution is -2.33. The van der Waals surface area contributed by atoms with Crippen LogP contribution in [0.25, 0.3) is 0 Å². The van der Waals surface area contributed by atoms with Crippen LogP contribution in [0.4, 0.5) is 0 Å². The summed E-state index contributed by atoms with van der Waals surface area (Å²) in [6.07, 6.45) is 5.44. The number of methoxy groups -OCH3 is 1. The fourth-order valence-electron chi connectivity index (χ4n) is 2.88. The van der Waals surface area contributed by atoms with Crippen molar-refractivity contribution in [3.63, 3.8) is 0 Å². The molecule has 1 aromatic carbocycles. The van der Waals surface area contributed by atoms with E-state index in [0.29, 0.717) is 0 Å². The first kappa shape index (κ1) is 14.9. The van der Waals surface area contributed by atoms with Gasteiger partial charge in [-0.2, -0.15) is 0 Å². The third kappa shape index (κ3) is 4.22. The Hall–Kier alpha value is -0.540. The number of hydrogen-bond acceptors (Lipinski definition) is 2. The van der Waals surface area contributed by atoms with E-state index in [-0.39, 0.29) is 0 Å². The van der Waals surface area contributed by atoms with Crippen LogP contribution in [0.15, 0.2) is 22.7 Å². The normalized spacial score (nSPS) is 17.6. The lowest BCUT2D eigenvalue weighted by atomic mass is 9.92. The van der Waals surface area contributed by atoms with Crippen LogP contribution in [0, 0.1) is 5.92 Å². The Morgan fingerprint density at radius 1 is 1.32 bits per heavy atom. The zero-order chi connectivity index (χ0) is 13.7. The molecule has 0 atom stereocenters. The molecule has 1 aromatic rings. The monoisotopic (exact) mass is 325 g/mol. The van der Waals surface area contributed by atoms with Crippen LogP contribution in [-0.2, 0) is 6.54 Å². The molecule has 19 heavy (non-hydrogen) atoms. The van der Waals surface area contributed by atoms with Crippen molar-refractivity contribution in [3.05, 3.63) is 28.2 Å². The molecule has 0 saturated carbocycles. The molecule has 2 rings (SSSR count). The maximum Gasteiger partial charge on any atom is 0.119 e. The van der Waals surface area contributed by atoms with E-state index in [9.17, 15) is 0 Å². The molecule has 0 N–H and O–H groups in total. The molecule has 1 fully saturated rings. The summed E-state index contributed by atoms with van der Waals surface area (Å²) in [4.78, 5) is 2.56. The Morgan fingerprint density at radius 2 is 2.05 bits per heavy atom. The van der Waals surface area contributed by atoms with E-state index in [2.05, 4.69) is 39.9 Å². The molecule has 1 aliphatic rings. The minimum absolute atomic E-state index is 0.944. The van der Waals surface area contributed by atoms with Gasteiger partial charge in [-0.25, -0.2) is 0 Å². The molecule has 106 valence electrons. The smallest absolute Gasteiger partial charge is 0.119 e. The van der Waals surface area contributed by atoms with Gasteiger partial charge in [-0.1, -0.05) is 35.7 Å². The summed E-state index contributed by atoms with van der Waals surface area (Å²) in [6.45, 7) is 5.78. The topological polar surface area (TPSA) is 12.5 Å². The van der Waals surface area contributed by atoms with E-state index in [1.54, 1.807) is 7.11 Å². The average molecular weight is 326 g/mol. The van der Waals surface area contributed by atoms with Gasteiger partial charge in [0.05, 0.1) is 7.11 Å². The molecule has 2 nitrogen and oxygen atoms in total. The highest BCUT2D eigenvalue weighted by molar-refractivity contribution is 9.10. The number of rotatable bonds is 5. The van der Waals surface area contributed by atoms with Gasteiger partial charge in [0.1, 0.15) is 5.75 Å². The summed E-state index contributed by atoms with van der Waals surface area (Å²) < 4.78 is 6.49. The largest absolute Gasteiger partial charge is 0.497 e. The molecule has 3 heteroatoms. The van der Waals surface area contributed by atoms with Gasteiger partial charge in [-0.15, -0.1) is 0 Å². The predicted octanol–water partition coefficient (Wildman–Crippen LogP) is 4.47. The molecular formula is C16H24BrNO. The van der Waals surface area contributed by atoms with Crippen LogP contribution in [0.3, 0.4) is 0 Å². The molecule has 0 radical (unpaired) electrons. The second-order valence-corrected chi connectivity index (χ2v) is 6.32. The Bertz CT molecular complexity index is 400. The zero-order valence-corrected chi connectivity index (χ0v) is 13.6. The Kier molecular flexibility index (Phi) is 5.71. The number of benzene rings is 1. The van der Waals surface area contributed by atoms with E-state index in [1.807, 2.05) is 6.07 Å². The van der Waals surface area contributed by atoms with Crippen molar-refractivity contribution in [1.82, 2.24) is 4.90 Å². The van der Waals surface area contributed by atoms with Gasteiger partial charge in [0.2, 0.25) is 0 Å². The number of halogens is 1. The van der Waals surface area contributed by atoms with Crippen molar-refractivity contribution in [3.8, 4) is 5.75 Å². The lowest BCUT2D eigenvalue weighted by molar-refractivity contribution is 0.171. The van der Waals surface area contributed by atoms with Gasteiger partial charge in [0.25, 0.3) is 0 Å². The summed E-state index contributed by atoms with van der Waals surface area (Å²) >= 11 is 3.64. The summed E-state index contributed by atoms with van der Waals surface area (Å²) in [5.74, 6) is 1.90. The molecule has 0 bridgehead atoms. The van der Waals surface area contributed by atoms with Crippen molar-refractivity contribution in [1.29, 1.82) is 0 Å². The van der Waals surface area contributed by atoms with Crippen LogP contribution < -0.4 is 4.74 Å². The number of hydrogen-bond donors (Lipinski definition) is 0. The van der Waals surface area contributed by atoms with Crippen LogP contribution in [0.5, 0.6) is 5.75 Å². The van der Waals surface area contributed by atoms with E-state index < -0.39 is 0 Å². The van der Waals surface area contributed by atoms with Crippen molar-refractivity contribution in [2.75, 3.05) is 20.2 Å². The minimum Gasteiger partial charge on any atom is -0.497 e. The molecule has 1 heterocycles. The second-order valence-electron chi connectivity index (χ2n) is 5.47. The fraction of sp³-hybridized carbons (Fsp3) is 0.625. The highest BCUT2D eigenvalue weighted by Crippen LogP contribution is 2.27. The number of ether oxygens (including phenoxy) is 1. The zero-order valence-electron chi connectivity index (χ0n) is 12.0. The van der Waals surface area contributed by atoms with Gasteiger partial charge in [0.15, 0.2) is 0 Å². The first-order chi connectivity index (χ1) is 9.22. The summed E-state index contributed by atoms with van der Waals surface area (Å²) in [5.41, 5.74) is 1.33. The molecule has 0 aromatic heterocycles. The van der Waals surface area contributed by atoms with Crippen molar-refractivity contribution < 1.29 is 4.74 Å². The van der Waals surface area contributed by atoms with Gasteiger partial charge in [-0.3, -0.25) is 4.90 Å². The molecule has 1 saturated heterocycles.